The molecule has 0 aromatic carbocycles. The van der Waals surface area contributed by atoms with Crippen LogP contribution in [0.15, 0.2) is 24.5 Å². The molecule has 0 radical (unpaired) electrons. The maximum Gasteiger partial charge on any atom is 0.336 e. The molecule has 0 aliphatic carbocycles. The lowest BCUT2D eigenvalue weighted by atomic mass is 10.0. The predicted molar refractivity (Wildman–Crippen MR) is 121 cm³/mol. The Hall–Kier alpha value is -1.58. The Balaban J connectivity index is 3.32. The van der Waals surface area contributed by atoms with Crippen LogP contribution in [0.1, 0.15) is 117 Å². The standard InChI is InChI=1S/C25H44O4/c1-4-6-7-8-9-10-11-12-13-14-15-16-17-18-19-20-21-28-25(27)23(3)22-29-24(26)5-2/h5,22H,2,4,6-21H2,1,3H3/b23-22+. The first-order chi connectivity index (χ1) is 14.1. The van der Waals surface area contributed by atoms with Crippen molar-refractivity contribution in [3.8, 4) is 0 Å². The van der Waals surface area contributed by atoms with Gasteiger partial charge in [-0.2, -0.15) is 0 Å². The van der Waals surface area contributed by atoms with E-state index in [0.29, 0.717) is 6.61 Å². The van der Waals surface area contributed by atoms with Crippen molar-refractivity contribution in [1.29, 1.82) is 0 Å². The number of rotatable bonds is 20. The van der Waals surface area contributed by atoms with Crippen LogP contribution in [0.5, 0.6) is 0 Å². The van der Waals surface area contributed by atoms with Gasteiger partial charge in [0.15, 0.2) is 0 Å². The molecule has 0 aliphatic heterocycles. The van der Waals surface area contributed by atoms with Gasteiger partial charge in [0.05, 0.1) is 12.2 Å². The molecule has 0 aromatic heterocycles. The van der Waals surface area contributed by atoms with Crippen LogP contribution < -0.4 is 0 Å². The third-order valence-corrected chi connectivity index (χ3v) is 5.07. The summed E-state index contributed by atoms with van der Waals surface area (Å²) in [4.78, 5) is 22.6. The number of hydrogen-bond acceptors (Lipinski definition) is 4. The number of esters is 2. The minimum absolute atomic E-state index is 0.275. The first kappa shape index (κ1) is 27.4. The topological polar surface area (TPSA) is 52.6 Å². The fourth-order valence-electron chi connectivity index (χ4n) is 3.17. The highest BCUT2D eigenvalue weighted by molar-refractivity contribution is 5.88. The summed E-state index contributed by atoms with van der Waals surface area (Å²) in [6.07, 6.45) is 23.2. The van der Waals surface area contributed by atoms with Crippen molar-refractivity contribution in [3.05, 3.63) is 24.5 Å². The highest BCUT2D eigenvalue weighted by atomic mass is 16.5. The number of carbonyl (C=O) groups is 2. The SMILES string of the molecule is C=CC(=O)O/C=C(\C)C(=O)OCCCCCCCCCCCCCCCCCC. The molecule has 0 aromatic rings. The van der Waals surface area contributed by atoms with Crippen molar-refractivity contribution in [2.45, 2.75) is 117 Å². The smallest absolute Gasteiger partial charge is 0.336 e. The number of carbonyl (C=O) groups excluding carboxylic acids is 2. The average Bonchev–Trinajstić information content (AvgIpc) is 2.73. The summed E-state index contributed by atoms with van der Waals surface area (Å²) < 4.78 is 9.86. The Kier molecular flexibility index (Phi) is 20.0. The summed E-state index contributed by atoms with van der Waals surface area (Å²) in [5.74, 6) is -1.03. The molecule has 0 N–H and O–H groups in total. The van der Waals surface area contributed by atoms with E-state index < -0.39 is 11.9 Å². The minimum Gasteiger partial charge on any atom is -0.462 e. The van der Waals surface area contributed by atoms with Crippen LogP contribution in [-0.4, -0.2) is 18.5 Å². The van der Waals surface area contributed by atoms with Gasteiger partial charge in [0.1, 0.15) is 6.26 Å². The summed E-state index contributed by atoms with van der Waals surface area (Å²) in [6, 6.07) is 0. The Labute approximate surface area is 179 Å². The third-order valence-electron chi connectivity index (χ3n) is 5.07. The Bertz CT molecular complexity index is 454. The zero-order valence-corrected chi connectivity index (χ0v) is 19.0. The van der Waals surface area contributed by atoms with Crippen LogP contribution in [0.25, 0.3) is 0 Å². The summed E-state index contributed by atoms with van der Waals surface area (Å²) in [5, 5.41) is 0. The average molecular weight is 409 g/mol. The van der Waals surface area contributed by atoms with Gasteiger partial charge in [-0.15, -0.1) is 0 Å². The molecule has 4 heteroatoms. The molecule has 0 saturated carbocycles. The van der Waals surface area contributed by atoms with E-state index in [1.54, 1.807) is 6.92 Å². The van der Waals surface area contributed by atoms with E-state index in [0.717, 1.165) is 25.2 Å². The fraction of sp³-hybridized carbons (Fsp3) is 0.760. The molecular weight excluding hydrogens is 364 g/mol. The lowest BCUT2D eigenvalue weighted by molar-refractivity contribution is -0.139. The van der Waals surface area contributed by atoms with Crippen molar-refractivity contribution in [2.75, 3.05) is 6.61 Å². The van der Waals surface area contributed by atoms with Crippen molar-refractivity contribution < 1.29 is 19.1 Å². The van der Waals surface area contributed by atoms with Gasteiger partial charge in [-0.1, -0.05) is 110 Å². The number of hydrogen-bond donors (Lipinski definition) is 0. The van der Waals surface area contributed by atoms with Gasteiger partial charge in [-0.05, 0) is 13.3 Å². The van der Waals surface area contributed by atoms with Crippen LogP contribution in [0, 0.1) is 0 Å². The first-order valence-electron chi connectivity index (χ1n) is 11.8. The quantitative estimate of drug-likeness (QED) is 0.0910. The van der Waals surface area contributed by atoms with E-state index in [1.807, 2.05) is 0 Å². The molecule has 0 fully saturated rings. The summed E-state index contributed by atoms with van der Waals surface area (Å²) >= 11 is 0. The van der Waals surface area contributed by atoms with Gasteiger partial charge in [-0.3, -0.25) is 0 Å². The lowest BCUT2D eigenvalue weighted by Gasteiger charge is -2.05. The lowest BCUT2D eigenvalue weighted by Crippen LogP contribution is -2.08. The Morgan fingerprint density at radius 2 is 1.14 bits per heavy atom. The van der Waals surface area contributed by atoms with Gasteiger partial charge in [0.2, 0.25) is 0 Å². The van der Waals surface area contributed by atoms with Crippen LogP contribution >= 0.6 is 0 Å². The Morgan fingerprint density at radius 1 is 0.724 bits per heavy atom. The molecule has 4 nitrogen and oxygen atoms in total. The van der Waals surface area contributed by atoms with E-state index in [4.69, 9.17) is 9.47 Å². The highest BCUT2D eigenvalue weighted by Gasteiger charge is 2.06. The molecule has 0 unspecified atom stereocenters. The van der Waals surface area contributed by atoms with Gasteiger partial charge >= 0.3 is 11.9 Å². The van der Waals surface area contributed by atoms with Gasteiger partial charge in [0, 0.05) is 6.08 Å². The molecule has 0 heterocycles. The van der Waals surface area contributed by atoms with Crippen molar-refractivity contribution in [3.63, 3.8) is 0 Å². The monoisotopic (exact) mass is 408 g/mol. The van der Waals surface area contributed by atoms with E-state index in [1.165, 1.54) is 89.9 Å². The molecule has 0 spiro atoms. The molecule has 0 rings (SSSR count). The summed E-state index contributed by atoms with van der Waals surface area (Å²) in [6.45, 7) is 7.54. The molecule has 0 saturated heterocycles. The van der Waals surface area contributed by atoms with Crippen molar-refractivity contribution in [1.82, 2.24) is 0 Å². The highest BCUT2D eigenvalue weighted by Crippen LogP contribution is 2.13. The van der Waals surface area contributed by atoms with E-state index in [-0.39, 0.29) is 5.57 Å². The fourth-order valence-corrected chi connectivity index (χ4v) is 3.17. The molecule has 0 aliphatic rings. The van der Waals surface area contributed by atoms with Crippen molar-refractivity contribution >= 4 is 11.9 Å². The summed E-state index contributed by atoms with van der Waals surface area (Å²) in [7, 11) is 0. The molecule has 0 amide bonds. The van der Waals surface area contributed by atoms with E-state index in [9.17, 15) is 9.59 Å². The zero-order valence-electron chi connectivity index (χ0n) is 19.0. The number of ether oxygens (including phenoxy) is 2. The van der Waals surface area contributed by atoms with Gasteiger partial charge in [-0.25, -0.2) is 9.59 Å². The minimum atomic E-state index is -0.588. The third kappa shape index (κ3) is 19.5. The molecule has 29 heavy (non-hydrogen) atoms. The normalized spacial score (nSPS) is 11.3. The number of unbranched alkanes of at least 4 members (excludes halogenated alkanes) is 15. The molecule has 168 valence electrons. The second kappa shape index (κ2) is 21.1. The maximum atomic E-state index is 11.7. The van der Waals surface area contributed by atoms with Gasteiger partial charge in [0.25, 0.3) is 0 Å². The van der Waals surface area contributed by atoms with Crippen LogP contribution in [0.3, 0.4) is 0 Å². The predicted octanol–water partition coefficient (Wildman–Crippen LogP) is 7.42. The summed E-state index contributed by atoms with van der Waals surface area (Å²) in [5.41, 5.74) is 0.275. The van der Waals surface area contributed by atoms with E-state index >= 15 is 0 Å². The second-order valence-corrected chi connectivity index (χ2v) is 7.88. The molecular formula is C25H44O4. The Morgan fingerprint density at radius 3 is 1.55 bits per heavy atom. The van der Waals surface area contributed by atoms with E-state index in [2.05, 4.69) is 13.5 Å². The largest absolute Gasteiger partial charge is 0.462 e. The van der Waals surface area contributed by atoms with Gasteiger partial charge < -0.3 is 9.47 Å². The second-order valence-electron chi connectivity index (χ2n) is 7.88. The van der Waals surface area contributed by atoms with Crippen LogP contribution in [-0.2, 0) is 19.1 Å². The van der Waals surface area contributed by atoms with Crippen LogP contribution in [0.2, 0.25) is 0 Å². The zero-order chi connectivity index (χ0) is 21.6. The molecule has 0 atom stereocenters. The maximum absolute atomic E-state index is 11.7. The molecule has 0 bridgehead atoms. The van der Waals surface area contributed by atoms with Crippen LogP contribution in [0.4, 0.5) is 0 Å². The van der Waals surface area contributed by atoms with Crippen molar-refractivity contribution in [2.24, 2.45) is 0 Å². The first-order valence-corrected chi connectivity index (χ1v) is 11.8.